The lowest BCUT2D eigenvalue weighted by molar-refractivity contribution is 0.297. The number of halogens is 2. The van der Waals surface area contributed by atoms with E-state index < -0.39 is 10.0 Å². The van der Waals surface area contributed by atoms with Crippen LogP contribution in [0.1, 0.15) is 12.0 Å². The molecular weight excluding hydrogens is 373 g/mol. The van der Waals surface area contributed by atoms with Crippen LogP contribution in [-0.2, 0) is 10.0 Å². The Kier molecular flexibility index (Phi) is 4.80. The fraction of sp³-hybridized carbons (Fsp3) is 0.250. The molecule has 0 aromatic heterocycles. The van der Waals surface area contributed by atoms with Crippen molar-refractivity contribution >= 4 is 38.9 Å². The minimum Gasteiger partial charge on any atom is -0.490 e. The topological polar surface area (TPSA) is 64.6 Å². The monoisotopic (exact) mass is 387 g/mol. The van der Waals surface area contributed by atoms with Crippen molar-refractivity contribution in [2.75, 3.05) is 17.9 Å². The highest BCUT2D eigenvalue weighted by molar-refractivity contribution is 7.92. The van der Waals surface area contributed by atoms with E-state index in [4.69, 9.17) is 32.7 Å². The molecule has 3 rings (SSSR count). The van der Waals surface area contributed by atoms with Gasteiger partial charge < -0.3 is 9.47 Å². The predicted molar refractivity (Wildman–Crippen MR) is 94.1 cm³/mol. The molecule has 0 atom stereocenters. The minimum absolute atomic E-state index is 0.0955. The summed E-state index contributed by atoms with van der Waals surface area (Å²) in [5.74, 6) is 0.955. The fourth-order valence-corrected chi connectivity index (χ4v) is 4.17. The first kappa shape index (κ1) is 17.2. The summed E-state index contributed by atoms with van der Waals surface area (Å²) in [5, 5.41) is 0.602. The van der Waals surface area contributed by atoms with Crippen molar-refractivity contribution in [3.05, 3.63) is 45.9 Å². The van der Waals surface area contributed by atoms with Gasteiger partial charge in [-0.1, -0.05) is 29.3 Å². The van der Waals surface area contributed by atoms with Crippen LogP contribution >= 0.6 is 23.2 Å². The third-order valence-electron chi connectivity index (χ3n) is 3.59. The second-order valence-corrected chi connectivity index (χ2v) is 7.76. The van der Waals surface area contributed by atoms with E-state index in [0.717, 1.165) is 6.42 Å². The number of hydrogen-bond acceptors (Lipinski definition) is 4. The van der Waals surface area contributed by atoms with Gasteiger partial charge in [0.2, 0.25) is 0 Å². The highest BCUT2D eigenvalue weighted by Gasteiger charge is 2.21. The van der Waals surface area contributed by atoms with E-state index in [0.29, 0.717) is 35.3 Å². The molecule has 1 N–H and O–H groups in total. The first-order chi connectivity index (χ1) is 11.4. The van der Waals surface area contributed by atoms with E-state index in [-0.39, 0.29) is 15.6 Å². The molecule has 0 aliphatic carbocycles. The summed E-state index contributed by atoms with van der Waals surface area (Å²) in [6.45, 7) is 2.66. The SMILES string of the molecule is Cc1c(Cl)cccc1S(=O)(=O)Nc1cc2c(cc1Cl)OCCCO2. The maximum atomic E-state index is 12.7. The molecule has 0 unspecified atom stereocenters. The molecule has 128 valence electrons. The van der Waals surface area contributed by atoms with Crippen LogP contribution < -0.4 is 14.2 Å². The maximum Gasteiger partial charge on any atom is 0.262 e. The molecule has 2 aromatic rings. The van der Waals surface area contributed by atoms with Gasteiger partial charge in [0.05, 0.1) is 28.8 Å². The average molecular weight is 388 g/mol. The first-order valence-electron chi connectivity index (χ1n) is 7.25. The van der Waals surface area contributed by atoms with Gasteiger partial charge in [0.15, 0.2) is 11.5 Å². The van der Waals surface area contributed by atoms with Crippen molar-refractivity contribution in [2.45, 2.75) is 18.2 Å². The van der Waals surface area contributed by atoms with E-state index in [1.54, 1.807) is 25.1 Å². The number of sulfonamides is 1. The van der Waals surface area contributed by atoms with Crippen LogP contribution in [-0.4, -0.2) is 21.6 Å². The zero-order valence-corrected chi connectivity index (χ0v) is 15.1. The van der Waals surface area contributed by atoms with Crippen LogP contribution in [0.4, 0.5) is 5.69 Å². The first-order valence-corrected chi connectivity index (χ1v) is 9.49. The molecule has 5 nitrogen and oxygen atoms in total. The average Bonchev–Trinajstić information content (AvgIpc) is 2.75. The third-order valence-corrected chi connectivity index (χ3v) is 5.82. The molecule has 1 aliphatic heterocycles. The summed E-state index contributed by atoms with van der Waals surface area (Å²) in [4.78, 5) is 0.0955. The Hall–Kier alpha value is -1.63. The van der Waals surface area contributed by atoms with Gasteiger partial charge >= 0.3 is 0 Å². The van der Waals surface area contributed by atoms with Crippen molar-refractivity contribution < 1.29 is 17.9 Å². The smallest absolute Gasteiger partial charge is 0.262 e. The second-order valence-electron chi connectivity index (χ2n) is 5.30. The van der Waals surface area contributed by atoms with Crippen LogP contribution in [0.2, 0.25) is 10.0 Å². The zero-order chi connectivity index (χ0) is 17.3. The van der Waals surface area contributed by atoms with Crippen LogP contribution in [0.25, 0.3) is 0 Å². The highest BCUT2D eigenvalue weighted by Crippen LogP contribution is 2.38. The molecule has 0 spiro atoms. The Morgan fingerprint density at radius 3 is 2.42 bits per heavy atom. The second kappa shape index (κ2) is 6.70. The molecule has 0 amide bonds. The Balaban J connectivity index is 1.98. The molecule has 1 heterocycles. The minimum atomic E-state index is -3.84. The van der Waals surface area contributed by atoms with E-state index in [2.05, 4.69) is 4.72 Å². The summed E-state index contributed by atoms with van der Waals surface area (Å²) in [6, 6.07) is 7.78. The van der Waals surface area contributed by atoms with Crippen LogP contribution in [0.3, 0.4) is 0 Å². The van der Waals surface area contributed by atoms with Crippen LogP contribution in [0.15, 0.2) is 35.2 Å². The standard InChI is InChI=1S/C16H15Cl2NO4S/c1-10-11(17)4-2-5-16(10)24(20,21)19-13-9-15-14(8-12(13)18)22-6-3-7-23-15/h2,4-5,8-9,19H,3,6-7H2,1H3. The Bertz CT molecular complexity index is 884. The van der Waals surface area contributed by atoms with Crippen molar-refractivity contribution in [3.8, 4) is 11.5 Å². The molecule has 0 saturated heterocycles. The number of benzene rings is 2. The van der Waals surface area contributed by atoms with Crippen LogP contribution in [0, 0.1) is 6.92 Å². The lowest BCUT2D eigenvalue weighted by atomic mass is 10.2. The Labute approximate surface area is 150 Å². The molecule has 0 fully saturated rings. The van der Waals surface area contributed by atoms with Crippen molar-refractivity contribution in [2.24, 2.45) is 0 Å². The number of ether oxygens (including phenoxy) is 2. The van der Waals surface area contributed by atoms with Gasteiger partial charge in [-0.15, -0.1) is 0 Å². The summed E-state index contributed by atoms with van der Waals surface area (Å²) >= 11 is 12.2. The summed E-state index contributed by atoms with van der Waals surface area (Å²) < 4.78 is 38.9. The van der Waals surface area contributed by atoms with Gasteiger partial charge in [-0.2, -0.15) is 0 Å². The summed E-state index contributed by atoms with van der Waals surface area (Å²) in [5.41, 5.74) is 0.692. The van der Waals surface area contributed by atoms with Gasteiger partial charge in [0.25, 0.3) is 10.0 Å². The fourth-order valence-electron chi connectivity index (χ4n) is 2.34. The van der Waals surface area contributed by atoms with Gasteiger partial charge in [-0.05, 0) is 24.6 Å². The summed E-state index contributed by atoms with van der Waals surface area (Å²) in [7, 11) is -3.84. The Morgan fingerprint density at radius 2 is 1.71 bits per heavy atom. The number of rotatable bonds is 3. The van der Waals surface area contributed by atoms with E-state index in [1.165, 1.54) is 12.1 Å². The normalized spacial score (nSPS) is 14.1. The van der Waals surface area contributed by atoms with E-state index in [1.807, 2.05) is 0 Å². The molecule has 0 saturated carbocycles. The molecule has 24 heavy (non-hydrogen) atoms. The number of fused-ring (bicyclic) bond motifs is 1. The predicted octanol–water partition coefficient (Wildman–Crippen LogP) is 4.26. The quantitative estimate of drug-likeness (QED) is 0.853. The molecule has 8 heteroatoms. The largest absolute Gasteiger partial charge is 0.490 e. The molecular formula is C16H15Cl2NO4S. The Morgan fingerprint density at radius 1 is 1.04 bits per heavy atom. The molecule has 0 bridgehead atoms. The lowest BCUT2D eigenvalue weighted by Gasteiger charge is -2.15. The lowest BCUT2D eigenvalue weighted by Crippen LogP contribution is -2.15. The number of nitrogens with one attached hydrogen (secondary N) is 1. The van der Waals surface area contributed by atoms with Crippen molar-refractivity contribution in [1.82, 2.24) is 0 Å². The summed E-state index contributed by atoms with van der Waals surface area (Å²) in [6.07, 6.45) is 0.745. The molecule has 2 aromatic carbocycles. The van der Waals surface area contributed by atoms with Gasteiger partial charge in [-0.3, -0.25) is 4.72 Å². The number of hydrogen-bond donors (Lipinski definition) is 1. The van der Waals surface area contributed by atoms with E-state index in [9.17, 15) is 8.42 Å². The van der Waals surface area contributed by atoms with Crippen molar-refractivity contribution in [3.63, 3.8) is 0 Å². The number of anilines is 1. The van der Waals surface area contributed by atoms with Crippen molar-refractivity contribution in [1.29, 1.82) is 0 Å². The highest BCUT2D eigenvalue weighted by atomic mass is 35.5. The maximum absolute atomic E-state index is 12.7. The van der Waals surface area contributed by atoms with E-state index >= 15 is 0 Å². The van der Waals surface area contributed by atoms with Gasteiger partial charge in [-0.25, -0.2) is 8.42 Å². The third kappa shape index (κ3) is 3.41. The van der Waals surface area contributed by atoms with Gasteiger partial charge in [0, 0.05) is 23.6 Å². The molecule has 1 aliphatic rings. The zero-order valence-electron chi connectivity index (χ0n) is 12.8. The van der Waals surface area contributed by atoms with Crippen LogP contribution in [0.5, 0.6) is 11.5 Å². The van der Waals surface area contributed by atoms with Gasteiger partial charge in [0.1, 0.15) is 0 Å². The molecule has 0 radical (unpaired) electrons.